The zero-order valence-electron chi connectivity index (χ0n) is 24.1. The van der Waals surface area contributed by atoms with Crippen LogP contribution >= 0.6 is 11.3 Å². The average molecular weight is 593 g/mol. The van der Waals surface area contributed by atoms with Crippen LogP contribution in [0.15, 0.2) is 146 Å². The Morgan fingerprint density at radius 1 is 0.422 bits per heavy atom. The van der Waals surface area contributed by atoms with Crippen LogP contribution in [-0.2, 0) is 0 Å². The maximum absolute atomic E-state index is 4.95. The van der Waals surface area contributed by atoms with Crippen molar-refractivity contribution in [2.24, 2.45) is 0 Å². The van der Waals surface area contributed by atoms with Gasteiger partial charge in [0, 0.05) is 51.4 Å². The minimum atomic E-state index is 0.914. The van der Waals surface area contributed by atoms with Crippen molar-refractivity contribution in [3.8, 4) is 44.0 Å². The first-order valence-electron chi connectivity index (χ1n) is 14.9. The zero-order chi connectivity index (χ0) is 29.7. The molecule has 4 aromatic heterocycles. The SMILES string of the molecule is c1ccc(-c2nc3ccc(-c4cc(-c5cnc6ccccc6c5)ccc4-c4cnc5c(ccc6cccnc65)c4)cc3s2)cc1. The summed E-state index contributed by atoms with van der Waals surface area (Å²) in [5, 5.41) is 4.31. The summed E-state index contributed by atoms with van der Waals surface area (Å²) in [7, 11) is 0. The molecule has 4 heterocycles. The summed E-state index contributed by atoms with van der Waals surface area (Å²) in [4.78, 5) is 19.3. The van der Waals surface area contributed by atoms with Gasteiger partial charge in [-0.25, -0.2) is 4.98 Å². The number of para-hydroxylation sites is 1. The summed E-state index contributed by atoms with van der Waals surface area (Å²) in [6, 6.07) is 44.7. The summed E-state index contributed by atoms with van der Waals surface area (Å²) in [6.45, 7) is 0. The van der Waals surface area contributed by atoms with E-state index in [1.807, 2.05) is 42.9 Å². The molecule has 4 nitrogen and oxygen atoms in total. The van der Waals surface area contributed by atoms with Crippen LogP contribution in [0.5, 0.6) is 0 Å². The Morgan fingerprint density at radius 3 is 2.16 bits per heavy atom. The molecule has 0 aliphatic rings. The number of hydrogen-bond acceptors (Lipinski definition) is 5. The second-order valence-electron chi connectivity index (χ2n) is 11.2. The maximum Gasteiger partial charge on any atom is 0.124 e. The second kappa shape index (κ2) is 10.4. The van der Waals surface area contributed by atoms with Crippen LogP contribution in [0.3, 0.4) is 0 Å². The molecule has 5 aromatic carbocycles. The lowest BCUT2D eigenvalue weighted by atomic mass is 9.91. The van der Waals surface area contributed by atoms with Gasteiger partial charge in [0.15, 0.2) is 0 Å². The van der Waals surface area contributed by atoms with Crippen LogP contribution in [0.1, 0.15) is 0 Å². The van der Waals surface area contributed by atoms with Crippen LogP contribution in [0.4, 0.5) is 0 Å². The molecule has 0 atom stereocenters. The predicted molar refractivity (Wildman–Crippen MR) is 187 cm³/mol. The van der Waals surface area contributed by atoms with Gasteiger partial charge in [0.2, 0.25) is 0 Å². The van der Waals surface area contributed by atoms with Gasteiger partial charge in [-0.2, -0.15) is 0 Å². The molecule has 0 fully saturated rings. The third-order valence-electron chi connectivity index (χ3n) is 8.40. The van der Waals surface area contributed by atoms with Gasteiger partial charge in [0.05, 0.1) is 26.8 Å². The van der Waals surface area contributed by atoms with Crippen molar-refractivity contribution in [3.63, 3.8) is 0 Å². The first-order chi connectivity index (χ1) is 22.3. The molecule has 0 N–H and O–H groups in total. The Kier molecular flexibility index (Phi) is 5.96. The number of thiazole rings is 1. The topological polar surface area (TPSA) is 51.6 Å². The standard InChI is InChI=1S/C40H24N4S/c1-2-7-26(8-3-1)40-44-36-17-15-28(22-37(36)45-40)34-21-27(31-19-29-9-4-5-11-35(29)42-23-31)14-16-33(34)32-20-30-13-12-25-10-6-18-41-38(25)39(30)43-24-32/h1-24H. The van der Waals surface area contributed by atoms with Gasteiger partial charge >= 0.3 is 0 Å². The first-order valence-corrected chi connectivity index (χ1v) is 15.7. The summed E-state index contributed by atoms with van der Waals surface area (Å²) in [5.41, 5.74) is 11.6. The molecule has 0 bridgehead atoms. The molecule has 210 valence electrons. The van der Waals surface area contributed by atoms with Gasteiger partial charge in [-0.1, -0.05) is 84.9 Å². The number of benzene rings is 5. The van der Waals surface area contributed by atoms with Crippen LogP contribution in [0.2, 0.25) is 0 Å². The molecular weight excluding hydrogens is 569 g/mol. The summed E-state index contributed by atoms with van der Waals surface area (Å²) in [6.07, 6.45) is 5.77. The molecule has 0 unspecified atom stereocenters. The van der Waals surface area contributed by atoms with Gasteiger partial charge in [-0.05, 0) is 64.7 Å². The highest BCUT2D eigenvalue weighted by molar-refractivity contribution is 7.21. The smallest absolute Gasteiger partial charge is 0.124 e. The first kappa shape index (κ1) is 25.7. The Labute approximate surface area is 263 Å². The minimum absolute atomic E-state index is 0.914. The second-order valence-corrected chi connectivity index (χ2v) is 12.2. The van der Waals surface area contributed by atoms with E-state index in [9.17, 15) is 0 Å². The van der Waals surface area contributed by atoms with Gasteiger partial charge in [0.25, 0.3) is 0 Å². The highest BCUT2D eigenvalue weighted by Gasteiger charge is 2.15. The molecule has 9 aromatic rings. The van der Waals surface area contributed by atoms with E-state index in [4.69, 9.17) is 15.0 Å². The monoisotopic (exact) mass is 592 g/mol. The zero-order valence-corrected chi connectivity index (χ0v) is 24.9. The normalized spacial score (nSPS) is 11.6. The lowest BCUT2D eigenvalue weighted by molar-refractivity contribution is 1.37. The van der Waals surface area contributed by atoms with E-state index in [1.54, 1.807) is 11.3 Å². The van der Waals surface area contributed by atoms with E-state index in [-0.39, 0.29) is 0 Å². The van der Waals surface area contributed by atoms with Crippen LogP contribution in [0.25, 0.3) is 86.9 Å². The molecule has 9 rings (SSSR count). The molecule has 0 spiro atoms. The van der Waals surface area contributed by atoms with Gasteiger partial charge in [0.1, 0.15) is 5.01 Å². The molecule has 45 heavy (non-hydrogen) atoms. The van der Waals surface area contributed by atoms with Gasteiger partial charge in [-0.15, -0.1) is 11.3 Å². The summed E-state index contributed by atoms with van der Waals surface area (Å²) in [5.74, 6) is 0. The third-order valence-corrected chi connectivity index (χ3v) is 9.46. The molecule has 0 radical (unpaired) electrons. The molecule has 0 aliphatic carbocycles. The van der Waals surface area contributed by atoms with Crippen molar-refractivity contribution < 1.29 is 0 Å². The van der Waals surface area contributed by atoms with Crippen molar-refractivity contribution in [1.29, 1.82) is 0 Å². The van der Waals surface area contributed by atoms with E-state index < -0.39 is 0 Å². The van der Waals surface area contributed by atoms with E-state index in [0.717, 1.165) is 86.9 Å². The molecule has 0 saturated heterocycles. The fourth-order valence-corrected chi connectivity index (χ4v) is 7.13. The quantitative estimate of drug-likeness (QED) is 0.191. The van der Waals surface area contributed by atoms with Gasteiger partial charge in [-0.3, -0.25) is 15.0 Å². The average Bonchev–Trinajstić information content (AvgIpc) is 3.55. The largest absolute Gasteiger partial charge is 0.256 e. The molecule has 0 amide bonds. The fraction of sp³-hybridized carbons (Fsp3) is 0. The number of fused-ring (bicyclic) bond motifs is 5. The Hall–Kier alpha value is -5.78. The lowest BCUT2D eigenvalue weighted by Crippen LogP contribution is -1.91. The third kappa shape index (κ3) is 4.53. The number of hydrogen-bond donors (Lipinski definition) is 0. The van der Waals surface area contributed by atoms with E-state index in [1.165, 1.54) is 0 Å². The van der Waals surface area contributed by atoms with Gasteiger partial charge < -0.3 is 0 Å². The molecule has 0 saturated carbocycles. The maximum atomic E-state index is 4.95. The predicted octanol–water partition coefficient (Wildman–Crippen LogP) is 10.6. The van der Waals surface area contributed by atoms with E-state index in [0.29, 0.717) is 0 Å². The Balaban J connectivity index is 1.23. The van der Waals surface area contributed by atoms with Crippen LogP contribution in [0, 0.1) is 0 Å². The van der Waals surface area contributed by atoms with Crippen molar-refractivity contribution in [3.05, 3.63) is 146 Å². The Bertz CT molecular complexity index is 2550. The van der Waals surface area contributed by atoms with Crippen molar-refractivity contribution >= 4 is 54.3 Å². The highest BCUT2D eigenvalue weighted by Crippen LogP contribution is 2.40. The fourth-order valence-electron chi connectivity index (χ4n) is 6.12. The number of rotatable bonds is 4. The molecule has 0 aliphatic heterocycles. The van der Waals surface area contributed by atoms with Crippen LogP contribution < -0.4 is 0 Å². The van der Waals surface area contributed by atoms with E-state index in [2.05, 4.69) is 108 Å². The van der Waals surface area contributed by atoms with E-state index >= 15 is 0 Å². The van der Waals surface area contributed by atoms with Crippen molar-refractivity contribution in [2.45, 2.75) is 0 Å². The number of pyridine rings is 3. The van der Waals surface area contributed by atoms with Crippen molar-refractivity contribution in [2.75, 3.05) is 0 Å². The lowest BCUT2D eigenvalue weighted by Gasteiger charge is -2.14. The van der Waals surface area contributed by atoms with Crippen molar-refractivity contribution in [1.82, 2.24) is 19.9 Å². The molecule has 5 heteroatoms. The number of aromatic nitrogens is 4. The molecular formula is C40H24N4S. The number of nitrogens with zero attached hydrogens (tertiary/aromatic N) is 4. The Morgan fingerprint density at radius 2 is 1.20 bits per heavy atom. The summed E-state index contributed by atoms with van der Waals surface area (Å²) < 4.78 is 1.16. The highest BCUT2D eigenvalue weighted by atomic mass is 32.1. The summed E-state index contributed by atoms with van der Waals surface area (Å²) >= 11 is 1.73. The van der Waals surface area contributed by atoms with Crippen LogP contribution in [-0.4, -0.2) is 19.9 Å². The minimum Gasteiger partial charge on any atom is -0.256 e.